The van der Waals surface area contributed by atoms with Crippen LogP contribution in [0.15, 0.2) is 30.3 Å². The molecule has 1 aromatic rings. The van der Waals surface area contributed by atoms with Crippen molar-refractivity contribution in [1.29, 1.82) is 0 Å². The minimum absolute atomic E-state index is 0.286. The first-order valence-electron chi connectivity index (χ1n) is 5.70. The second-order valence-electron chi connectivity index (χ2n) is 4.36. The highest BCUT2D eigenvalue weighted by Crippen LogP contribution is 2.23. The fraction of sp³-hybridized carbons (Fsp3) is 0.462. The number of Topliss-reactive ketones (excluding diaryl/α,β-unsaturated/α-hetero) is 1. The van der Waals surface area contributed by atoms with E-state index in [1.807, 2.05) is 30.3 Å². The molecule has 2 rings (SSSR count). The molecule has 1 aliphatic rings. The third-order valence-electron chi connectivity index (χ3n) is 3.04. The first-order valence-corrected chi connectivity index (χ1v) is 5.70. The summed E-state index contributed by atoms with van der Waals surface area (Å²) in [6, 6.07) is 9.68. The molecule has 0 heterocycles. The molecule has 3 atom stereocenters. The molecule has 0 aliphatic heterocycles. The molecule has 4 heteroatoms. The third kappa shape index (κ3) is 2.91. The standard InChI is InChI=1S/C13H16O4/c14-11-6-10(12(15)13(11)16)8-17-7-9-4-2-1-3-5-9/h1-5,10-12,14-15H,6-8H2. The van der Waals surface area contributed by atoms with Gasteiger partial charge >= 0.3 is 0 Å². The lowest BCUT2D eigenvalue weighted by atomic mass is 10.1. The number of hydrogen-bond acceptors (Lipinski definition) is 4. The maximum Gasteiger partial charge on any atom is 0.189 e. The molecular weight excluding hydrogens is 220 g/mol. The van der Waals surface area contributed by atoms with Crippen molar-refractivity contribution in [2.75, 3.05) is 6.61 Å². The van der Waals surface area contributed by atoms with Crippen LogP contribution in [-0.4, -0.2) is 34.8 Å². The van der Waals surface area contributed by atoms with Gasteiger partial charge in [-0.05, 0) is 12.0 Å². The largest absolute Gasteiger partial charge is 0.385 e. The molecule has 0 radical (unpaired) electrons. The lowest BCUT2D eigenvalue weighted by molar-refractivity contribution is -0.132. The van der Waals surface area contributed by atoms with Gasteiger partial charge in [-0.25, -0.2) is 0 Å². The van der Waals surface area contributed by atoms with Crippen LogP contribution >= 0.6 is 0 Å². The van der Waals surface area contributed by atoms with Gasteiger partial charge in [0.15, 0.2) is 5.78 Å². The Morgan fingerprint density at radius 2 is 1.94 bits per heavy atom. The SMILES string of the molecule is O=C1C(O)CC(COCc2ccccc2)C1O. The van der Waals surface area contributed by atoms with Gasteiger partial charge in [-0.3, -0.25) is 4.79 Å². The highest BCUT2D eigenvalue weighted by Gasteiger charge is 2.39. The molecule has 1 aliphatic carbocycles. The summed E-state index contributed by atoms with van der Waals surface area (Å²) in [6.45, 7) is 0.743. The molecule has 3 unspecified atom stereocenters. The van der Waals surface area contributed by atoms with Gasteiger partial charge in [0, 0.05) is 5.92 Å². The monoisotopic (exact) mass is 236 g/mol. The average Bonchev–Trinajstić information content (AvgIpc) is 2.59. The molecule has 0 aromatic heterocycles. The first-order chi connectivity index (χ1) is 8.18. The summed E-state index contributed by atoms with van der Waals surface area (Å²) in [5, 5.41) is 18.8. The minimum atomic E-state index is -1.08. The Balaban J connectivity index is 1.78. The molecule has 0 saturated heterocycles. The first kappa shape index (κ1) is 12.2. The third-order valence-corrected chi connectivity index (χ3v) is 3.04. The highest BCUT2D eigenvalue weighted by atomic mass is 16.5. The van der Waals surface area contributed by atoms with Gasteiger partial charge in [0.2, 0.25) is 0 Å². The van der Waals surface area contributed by atoms with Crippen molar-refractivity contribution in [2.24, 2.45) is 5.92 Å². The number of carbonyl (C=O) groups excluding carboxylic acids is 1. The van der Waals surface area contributed by atoms with Crippen LogP contribution in [0.5, 0.6) is 0 Å². The van der Waals surface area contributed by atoms with Gasteiger partial charge in [-0.15, -0.1) is 0 Å². The van der Waals surface area contributed by atoms with Crippen LogP contribution in [0.3, 0.4) is 0 Å². The predicted molar refractivity (Wildman–Crippen MR) is 61.2 cm³/mol. The fourth-order valence-electron chi connectivity index (χ4n) is 2.02. The smallest absolute Gasteiger partial charge is 0.189 e. The molecule has 92 valence electrons. The summed E-state index contributed by atoms with van der Waals surface area (Å²) in [5.41, 5.74) is 1.05. The zero-order chi connectivity index (χ0) is 12.3. The number of benzene rings is 1. The molecule has 17 heavy (non-hydrogen) atoms. The van der Waals surface area contributed by atoms with Gasteiger partial charge in [0.25, 0.3) is 0 Å². The Morgan fingerprint density at radius 1 is 1.24 bits per heavy atom. The molecule has 4 nitrogen and oxygen atoms in total. The van der Waals surface area contributed by atoms with Crippen LogP contribution in [0.2, 0.25) is 0 Å². The summed E-state index contributed by atoms with van der Waals surface area (Å²) in [7, 11) is 0. The van der Waals surface area contributed by atoms with E-state index in [4.69, 9.17) is 4.74 Å². The molecule has 1 saturated carbocycles. The summed E-state index contributed by atoms with van der Waals surface area (Å²) < 4.78 is 5.45. The van der Waals surface area contributed by atoms with Gasteiger partial charge in [0.05, 0.1) is 13.2 Å². The molecule has 1 aromatic carbocycles. The number of rotatable bonds is 4. The van der Waals surface area contributed by atoms with Gasteiger partial charge in [-0.2, -0.15) is 0 Å². The Kier molecular flexibility index (Phi) is 3.89. The number of aliphatic hydroxyl groups excluding tert-OH is 2. The van der Waals surface area contributed by atoms with E-state index in [2.05, 4.69) is 0 Å². The lowest BCUT2D eigenvalue weighted by Gasteiger charge is -2.13. The van der Waals surface area contributed by atoms with E-state index in [0.717, 1.165) is 5.56 Å². The van der Waals surface area contributed by atoms with Crippen LogP contribution in [0.1, 0.15) is 12.0 Å². The van der Waals surface area contributed by atoms with Gasteiger partial charge in [0.1, 0.15) is 12.2 Å². The van der Waals surface area contributed by atoms with Crippen LogP contribution < -0.4 is 0 Å². The fourth-order valence-corrected chi connectivity index (χ4v) is 2.02. The van der Waals surface area contributed by atoms with Gasteiger partial charge < -0.3 is 14.9 Å². The van der Waals surface area contributed by atoms with Crippen molar-refractivity contribution in [2.45, 2.75) is 25.2 Å². The zero-order valence-corrected chi connectivity index (χ0v) is 9.45. The topological polar surface area (TPSA) is 66.8 Å². The summed E-state index contributed by atoms with van der Waals surface area (Å²) >= 11 is 0. The molecule has 0 amide bonds. The van der Waals surface area contributed by atoms with Crippen molar-refractivity contribution in [3.8, 4) is 0 Å². The Labute approximate surface area is 99.8 Å². The number of hydrogen-bond donors (Lipinski definition) is 2. The van der Waals surface area contributed by atoms with E-state index >= 15 is 0 Å². The maximum atomic E-state index is 11.2. The summed E-state index contributed by atoms with van der Waals surface area (Å²) in [6.07, 6.45) is -1.83. The number of aliphatic hydroxyl groups is 2. The number of carbonyl (C=O) groups is 1. The maximum absolute atomic E-state index is 11.2. The van der Waals surface area contributed by atoms with E-state index in [1.165, 1.54) is 0 Å². The highest BCUT2D eigenvalue weighted by molar-refractivity contribution is 5.89. The van der Waals surface area contributed by atoms with E-state index in [1.54, 1.807) is 0 Å². The van der Waals surface area contributed by atoms with Crippen molar-refractivity contribution in [3.05, 3.63) is 35.9 Å². The van der Waals surface area contributed by atoms with Crippen molar-refractivity contribution >= 4 is 5.78 Å². The van der Waals surface area contributed by atoms with Crippen LogP contribution in [-0.2, 0) is 16.1 Å². The molecule has 1 fully saturated rings. The summed E-state index contributed by atoms with van der Waals surface area (Å²) in [5.74, 6) is -0.778. The minimum Gasteiger partial charge on any atom is -0.385 e. The zero-order valence-electron chi connectivity index (χ0n) is 9.45. The van der Waals surface area contributed by atoms with Crippen molar-refractivity contribution < 1.29 is 19.7 Å². The number of ether oxygens (including phenoxy) is 1. The van der Waals surface area contributed by atoms with Gasteiger partial charge in [-0.1, -0.05) is 30.3 Å². The Hall–Kier alpha value is -1.23. The average molecular weight is 236 g/mol. The molecular formula is C13H16O4. The van der Waals surface area contributed by atoms with E-state index in [-0.39, 0.29) is 12.3 Å². The second kappa shape index (κ2) is 5.40. The normalized spacial score (nSPS) is 28.6. The van der Waals surface area contributed by atoms with Crippen LogP contribution in [0, 0.1) is 5.92 Å². The Bertz CT molecular complexity index is 376. The van der Waals surface area contributed by atoms with E-state index in [9.17, 15) is 15.0 Å². The van der Waals surface area contributed by atoms with E-state index < -0.39 is 18.0 Å². The quantitative estimate of drug-likeness (QED) is 0.799. The van der Waals surface area contributed by atoms with Crippen LogP contribution in [0.4, 0.5) is 0 Å². The molecule has 0 spiro atoms. The van der Waals surface area contributed by atoms with E-state index in [0.29, 0.717) is 13.2 Å². The van der Waals surface area contributed by atoms with Crippen molar-refractivity contribution in [3.63, 3.8) is 0 Å². The molecule has 0 bridgehead atoms. The lowest BCUT2D eigenvalue weighted by Crippen LogP contribution is -2.26. The summed E-state index contributed by atoms with van der Waals surface area (Å²) in [4.78, 5) is 11.2. The second-order valence-corrected chi connectivity index (χ2v) is 4.36. The molecule has 2 N–H and O–H groups in total. The van der Waals surface area contributed by atoms with Crippen molar-refractivity contribution in [1.82, 2.24) is 0 Å². The Morgan fingerprint density at radius 3 is 2.53 bits per heavy atom. The number of ketones is 1. The predicted octanol–water partition coefficient (Wildman–Crippen LogP) is 0.514. The van der Waals surface area contributed by atoms with Crippen LogP contribution in [0.25, 0.3) is 0 Å².